The fourth-order valence-corrected chi connectivity index (χ4v) is 2.76. The molecule has 0 bridgehead atoms. The monoisotopic (exact) mass is 303 g/mol. The van der Waals surface area contributed by atoms with Crippen LogP contribution in [0.1, 0.15) is 17.2 Å². The van der Waals surface area contributed by atoms with Crippen LogP contribution in [0.25, 0.3) is 0 Å². The van der Waals surface area contributed by atoms with Crippen LogP contribution in [-0.4, -0.2) is 19.8 Å². The maximum absolute atomic E-state index is 6.11. The van der Waals surface area contributed by atoms with Crippen molar-refractivity contribution in [1.29, 1.82) is 0 Å². The van der Waals surface area contributed by atoms with Crippen molar-refractivity contribution in [3.8, 4) is 11.5 Å². The quantitative estimate of drug-likeness (QED) is 0.937. The molecular weight excluding hydrogens is 286 g/mol. The Morgan fingerprint density at radius 3 is 2.81 bits per heavy atom. The average molecular weight is 304 g/mol. The highest BCUT2D eigenvalue weighted by Crippen LogP contribution is 2.34. The molecule has 110 valence electrons. The van der Waals surface area contributed by atoms with E-state index in [1.807, 2.05) is 50.4 Å². The number of likely N-dealkylation sites (N-methyl/N-ethyl adjacent to an activating group) is 1. The lowest BCUT2D eigenvalue weighted by molar-refractivity contribution is 0.0773. The van der Waals surface area contributed by atoms with Crippen molar-refractivity contribution >= 4 is 11.6 Å². The second-order valence-electron chi connectivity index (χ2n) is 5.18. The summed E-state index contributed by atoms with van der Waals surface area (Å²) in [6, 6.07) is 13.9. The highest BCUT2D eigenvalue weighted by molar-refractivity contribution is 6.31. The predicted octanol–water partition coefficient (Wildman–Crippen LogP) is 3.75. The number of aryl methyl sites for hydroxylation is 1. The van der Waals surface area contributed by atoms with E-state index in [0.29, 0.717) is 6.61 Å². The normalized spacial score (nSPS) is 20.5. The van der Waals surface area contributed by atoms with Crippen molar-refractivity contribution in [2.45, 2.75) is 19.1 Å². The maximum atomic E-state index is 6.11. The lowest BCUT2D eigenvalue weighted by Gasteiger charge is -2.33. The molecule has 0 aliphatic carbocycles. The Kier molecular flexibility index (Phi) is 4.04. The van der Waals surface area contributed by atoms with Gasteiger partial charge in [-0.1, -0.05) is 29.8 Å². The van der Waals surface area contributed by atoms with Gasteiger partial charge in [0, 0.05) is 10.6 Å². The lowest BCUT2D eigenvalue weighted by Crippen LogP contribution is -2.41. The van der Waals surface area contributed by atoms with Crippen LogP contribution < -0.4 is 14.8 Å². The van der Waals surface area contributed by atoms with Crippen LogP contribution >= 0.6 is 11.6 Å². The number of para-hydroxylation sites is 1. The van der Waals surface area contributed by atoms with Crippen LogP contribution in [-0.2, 0) is 0 Å². The number of hydrogen-bond donors (Lipinski definition) is 1. The summed E-state index contributed by atoms with van der Waals surface area (Å²) >= 11 is 6.05. The summed E-state index contributed by atoms with van der Waals surface area (Å²) in [6.45, 7) is 2.49. The number of rotatable bonds is 3. The summed E-state index contributed by atoms with van der Waals surface area (Å²) < 4.78 is 11.9. The van der Waals surface area contributed by atoms with Crippen LogP contribution in [0.15, 0.2) is 42.5 Å². The fourth-order valence-electron chi connectivity index (χ4n) is 2.65. The van der Waals surface area contributed by atoms with Gasteiger partial charge >= 0.3 is 0 Å². The highest BCUT2D eigenvalue weighted by atomic mass is 35.5. The van der Waals surface area contributed by atoms with Gasteiger partial charge in [0.1, 0.15) is 18.1 Å². The van der Waals surface area contributed by atoms with E-state index in [1.54, 1.807) is 0 Å². The molecule has 3 rings (SSSR count). The number of halogens is 1. The van der Waals surface area contributed by atoms with Crippen LogP contribution in [0.2, 0.25) is 5.02 Å². The topological polar surface area (TPSA) is 30.5 Å². The van der Waals surface area contributed by atoms with E-state index in [-0.39, 0.29) is 12.1 Å². The molecule has 21 heavy (non-hydrogen) atoms. The molecule has 0 radical (unpaired) electrons. The van der Waals surface area contributed by atoms with Gasteiger partial charge in [-0.2, -0.15) is 0 Å². The van der Waals surface area contributed by atoms with Gasteiger partial charge in [-0.3, -0.25) is 0 Å². The van der Waals surface area contributed by atoms with E-state index in [1.165, 1.54) is 0 Å². The summed E-state index contributed by atoms with van der Waals surface area (Å²) in [5, 5.41) is 4.07. The summed E-state index contributed by atoms with van der Waals surface area (Å²) in [4.78, 5) is 0. The third kappa shape index (κ3) is 2.85. The number of hydrogen-bond acceptors (Lipinski definition) is 3. The Bertz CT molecular complexity index is 644. The Morgan fingerprint density at radius 2 is 2.05 bits per heavy atom. The summed E-state index contributed by atoms with van der Waals surface area (Å²) in [7, 11) is 1.94. The van der Waals surface area contributed by atoms with Gasteiger partial charge in [0.25, 0.3) is 0 Å². The number of nitrogens with one attached hydrogen (secondary N) is 1. The van der Waals surface area contributed by atoms with E-state index in [2.05, 4.69) is 11.4 Å². The van der Waals surface area contributed by atoms with Gasteiger partial charge in [0.2, 0.25) is 0 Å². The first-order valence-corrected chi connectivity index (χ1v) is 7.38. The predicted molar refractivity (Wildman–Crippen MR) is 84.3 cm³/mol. The first-order valence-electron chi connectivity index (χ1n) is 7.01. The summed E-state index contributed by atoms with van der Waals surface area (Å²) in [5.41, 5.74) is 2.13. The molecular formula is C17H18ClNO2. The minimum absolute atomic E-state index is 0.0783. The summed E-state index contributed by atoms with van der Waals surface area (Å²) in [6.07, 6.45) is -0.0783. The second kappa shape index (κ2) is 5.96. The van der Waals surface area contributed by atoms with Crippen LogP contribution in [0.3, 0.4) is 0 Å². The zero-order chi connectivity index (χ0) is 14.8. The Balaban J connectivity index is 1.84. The van der Waals surface area contributed by atoms with E-state index in [4.69, 9.17) is 21.1 Å². The molecule has 0 saturated carbocycles. The molecule has 1 aliphatic heterocycles. The molecule has 2 unspecified atom stereocenters. The van der Waals surface area contributed by atoms with Gasteiger partial charge in [-0.15, -0.1) is 0 Å². The molecule has 1 heterocycles. The summed E-state index contributed by atoms with van der Waals surface area (Å²) in [5.74, 6) is 1.73. The minimum Gasteiger partial charge on any atom is -0.489 e. The van der Waals surface area contributed by atoms with Crippen LogP contribution in [0.5, 0.6) is 11.5 Å². The minimum atomic E-state index is -0.0783. The van der Waals surface area contributed by atoms with Crippen LogP contribution in [0.4, 0.5) is 0 Å². The Labute approximate surface area is 129 Å². The fraction of sp³-hybridized carbons (Fsp3) is 0.294. The van der Waals surface area contributed by atoms with Crippen molar-refractivity contribution in [3.05, 3.63) is 58.6 Å². The Morgan fingerprint density at radius 1 is 1.24 bits per heavy atom. The molecule has 4 heteroatoms. The van der Waals surface area contributed by atoms with Crippen molar-refractivity contribution in [2.24, 2.45) is 0 Å². The smallest absolute Gasteiger partial charge is 0.152 e. The molecule has 2 aromatic rings. The van der Waals surface area contributed by atoms with Crippen molar-refractivity contribution in [3.63, 3.8) is 0 Å². The van der Waals surface area contributed by atoms with Gasteiger partial charge in [0.05, 0.1) is 6.04 Å². The second-order valence-corrected chi connectivity index (χ2v) is 5.59. The van der Waals surface area contributed by atoms with Gasteiger partial charge in [0.15, 0.2) is 6.10 Å². The van der Waals surface area contributed by atoms with Crippen molar-refractivity contribution < 1.29 is 9.47 Å². The van der Waals surface area contributed by atoms with E-state index >= 15 is 0 Å². The van der Waals surface area contributed by atoms with Crippen LogP contribution in [0, 0.1) is 6.92 Å². The van der Waals surface area contributed by atoms with Crippen molar-refractivity contribution in [1.82, 2.24) is 5.32 Å². The molecule has 0 saturated heterocycles. The van der Waals surface area contributed by atoms with Gasteiger partial charge < -0.3 is 14.8 Å². The molecule has 2 aromatic carbocycles. The molecule has 0 fully saturated rings. The number of ether oxygens (including phenoxy) is 2. The average Bonchev–Trinajstić information content (AvgIpc) is 2.51. The standard InChI is InChI=1S/C17H18ClNO2/c1-11-9-12(7-8-14(11)18)21-16-10-20-15-6-4-3-5-13(15)17(16)19-2/h3-9,16-17,19H,10H2,1-2H3. The largest absolute Gasteiger partial charge is 0.489 e. The first kappa shape index (κ1) is 14.2. The third-order valence-corrected chi connectivity index (χ3v) is 4.18. The lowest BCUT2D eigenvalue weighted by atomic mass is 9.98. The zero-order valence-corrected chi connectivity index (χ0v) is 12.9. The maximum Gasteiger partial charge on any atom is 0.152 e. The molecule has 1 N–H and O–H groups in total. The van der Waals surface area contributed by atoms with Crippen molar-refractivity contribution in [2.75, 3.05) is 13.7 Å². The molecule has 3 nitrogen and oxygen atoms in total. The SMILES string of the molecule is CNC1c2ccccc2OCC1Oc1ccc(Cl)c(C)c1. The number of fused-ring (bicyclic) bond motifs is 1. The molecule has 0 amide bonds. The molecule has 2 atom stereocenters. The van der Waals surface area contributed by atoms with E-state index in [9.17, 15) is 0 Å². The van der Waals surface area contributed by atoms with Gasteiger partial charge in [-0.05, 0) is 43.8 Å². The van der Waals surface area contributed by atoms with E-state index in [0.717, 1.165) is 27.6 Å². The third-order valence-electron chi connectivity index (χ3n) is 3.76. The highest BCUT2D eigenvalue weighted by Gasteiger charge is 2.31. The first-order chi connectivity index (χ1) is 10.2. The molecule has 1 aliphatic rings. The molecule has 0 aromatic heterocycles. The molecule has 0 spiro atoms. The van der Waals surface area contributed by atoms with E-state index < -0.39 is 0 Å². The van der Waals surface area contributed by atoms with Gasteiger partial charge in [-0.25, -0.2) is 0 Å². The number of benzene rings is 2. The Hall–Kier alpha value is -1.71. The zero-order valence-electron chi connectivity index (χ0n) is 12.1.